The predicted octanol–water partition coefficient (Wildman–Crippen LogP) is -0.0849. The summed E-state index contributed by atoms with van der Waals surface area (Å²) in [5.41, 5.74) is 0. The zero-order chi connectivity index (χ0) is 4.41. The van der Waals surface area contributed by atoms with Crippen LogP contribution in [0.4, 0.5) is 4.39 Å². The average Bonchev–Trinajstić information content (AvgIpc) is 1.86. The van der Waals surface area contributed by atoms with Gasteiger partial charge < -0.3 is 5.32 Å². The van der Waals surface area contributed by atoms with Gasteiger partial charge in [-0.1, -0.05) is 0 Å². The number of nitrogens with zero attached hydrogens (tertiary/aromatic N) is 1. The highest BCUT2D eigenvalue weighted by molar-refractivity contribution is 5.73. The lowest BCUT2D eigenvalue weighted by atomic mass is 10.7. The van der Waals surface area contributed by atoms with Gasteiger partial charge in [0, 0.05) is 6.54 Å². The van der Waals surface area contributed by atoms with Gasteiger partial charge in [-0.2, -0.15) is 4.39 Å². The SMILES string of the molecule is FC1=NCCN1. The summed E-state index contributed by atoms with van der Waals surface area (Å²) < 4.78 is 11.6. The first-order valence-electron chi connectivity index (χ1n) is 1.83. The van der Waals surface area contributed by atoms with Gasteiger partial charge in [0.25, 0.3) is 6.09 Å². The molecule has 2 nitrogen and oxygen atoms in total. The quantitative estimate of drug-likeness (QED) is 0.411. The predicted molar refractivity (Wildman–Crippen MR) is 21.4 cm³/mol. The second-order valence-corrected chi connectivity index (χ2v) is 1.10. The fourth-order valence-corrected chi connectivity index (χ4v) is 0.369. The highest BCUT2D eigenvalue weighted by Gasteiger charge is 1.98. The molecule has 0 aromatic carbocycles. The van der Waals surface area contributed by atoms with Crippen LogP contribution in [-0.4, -0.2) is 19.2 Å². The molecule has 0 atom stereocenters. The van der Waals surface area contributed by atoms with Crippen molar-refractivity contribution >= 4 is 6.09 Å². The van der Waals surface area contributed by atoms with Crippen LogP contribution < -0.4 is 5.32 Å². The normalized spacial score (nSPS) is 19.8. The van der Waals surface area contributed by atoms with Gasteiger partial charge in [0.15, 0.2) is 0 Å². The highest BCUT2D eigenvalue weighted by atomic mass is 19.1. The van der Waals surface area contributed by atoms with Gasteiger partial charge in [-0.05, 0) is 0 Å². The van der Waals surface area contributed by atoms with Crippen LogP contribution >= 0.6 is 0 Å². The fourth-order valence-electron chi connectivity index (χ4n) is 0.369. The molecule has 0 saturated heterocycles. The van der Waals surface area contributed by atoms with Crippen LogP contribution in [0.25, 0.3) is 0 Å². The number of nitrogens with one attached hydrogen (secondary N) is 1. The molecule has 34 valence electrons. The van der Waals surface area contributed by atoms with Gasteiger partial charge >= 0.3 is 0 Å². The second kappa shape index (κ2) is 1.24. The summed E-state index contributed by atoms with van der Waals surface area (Å²) >= 11 is 0. The minimum Gasteiger partial charge on any atom is -0.344 e. The van der Waals surface area contributed by atoms with Crippen LogP contribution in [0.2, 0.25) is 0 Å². The number of aliphatic imine (C=N–C) groups is 1. The summed E-state index contributed by atoms with van der Waals surface area (Å²) in [6.07, 6.45) is -0.421. The maximum atomic E-state index is 11.6. The summed E-state index contributed by atoms with van der Waals surface area (Å²) in [6, 6.07) is 0. The van der Waals surface area contributed by atoms with Crippen molar-refractivity contribution in [2.75, 3.05) is 13.1 Å². The minimum absolute atomic E-state index is 0.421. The molecular formula is C3H5FN2. The number of amidine groups is 1. The molecule has 0 bridgehead atoms. The molecule has 0 aliphatic carbocycles. The molecule has 6 heavy (non-hydrogen) atoms. The Morgan fingerprint density at radius 2 is 2.67 bits per heavy atom. The van der Waals surface area contributed by atoms with Crippen LogP contribution in [0.15, 0.2) is 4.99 Å². The van der Waals surface area contributed by atoms with Gasteiger partial charge in [0.2, 0.25) is 0 Å². The van der Waals surface area contributed by atoms with Gasteiger partial charge in [0.05, 0.1) is 6.54 Å². The molecule has 0 unspecified atom stereocenters. The molecule has 0 aromatic rings. The fraction of sp³-hybridized carbons (Fsp3) is 0.667. The van der Waals surface area contributed by atoms with Crippen LogP contribution in [0, 0.1) is 0 Å². The molecule has 1 aliphatic rings. The zero-order valence-corrected chi connectivity index (χ0v) is 3.24. The third kappa shape index (κ3) is 0.478. The van der Waals surface area contributed by atoms with E-state index in [1.54, 1.807) is 0 Å². The lowest BCUT2D eigenvalue weighted by Crippen LogP contribution is -2.12. The Morgan fingerprint density at radius 3 is 2.83 bits per heavy atom. The number of hydrogen-bond donors (Lipinski definition) is 1. The molecule has 3 heteroatoms. The standard InChI is InChI=1S/C3H5FN2/c4-3-5-1-2-6-3/h1-2H2,(H,5,6). The van der Waals surface area contributed by atoms with E-state index < -0.39 is 6.09 Å². The molecule has 0 saturated carbocycles. The average molecular weight is 88.1 g/mol. The summed E-state index contributed by atoms with van der Waals surface area (Å²) in [7, 11) is 0. The van der Waals surface area contributed by atoms with Crippen LogP contribution in [-0.2, 0) is 0 Å². The Kier molecular flexibility index (Phi) is 0.742. The Balaban J connectivity index is 2.45. The molecule has 1 N–H and O–H groups in total. The number of rotatable bonds is 0. The molecular weight excluding hydrogens is 83.0 g/mol. The third-order valence-corrected chi connectivity index (χ3v) is 0.633. The van der Waals surface area contributed by atoms with E-state index in [9.17, 15) is 4.39 Å². The van der Waals surface area contributed by atoms with Gasteiger partial charge in [-0.15, -0.1) is 0 Å². The monoisotopic (exact) mass is 88.0 g/mol. The first-order valence-corrected chi connectivity index (χ1v) is 1.83. The third-order valence-electron chi connectivity index (χ3n) is 0.633. The van der Waals surface area contributed by atoms with Crippen molar-refractivity contribution in [2.45, 2.75) is 0 Å². The summed E-state index contributed by atoms with van der Waals surface area (Å²) in [5, 5.41) is 2.40. The van der Waals surface area contributed by atoms with Crippen LogP contribution in [0.3, 0.4) is 0 Å². The smallest absolute Gasteiger partial charge is 0.277 e. The first-order chi connectivity index (χ1) is 2.89. The van der Waals surface area contributed by atoms with E-state index in [1.807, 2.05) is 0 Å². The Labute approximate surface area is 35.1 Å². The molecule has 0 amide bonds. The maximum absolute atomic E-state index is 11.6. The molecule has 1 aliphatic heterocycles. The summed E-state index contributed by atoms with van der Waals surface area (Å²) in [5.74, 6) is 0. The van der Waals surface area contributed by atoms with Crippen molar-refractivity contribution in [3.05, 3.63) is 0 Å². The topological polar surface area (TPSA) is 24.4 Å². The molecule has 0 aromatic heterocycles. The Bertz CT molecular complexity index is 78.9. The first kappa shape index (κ1) is 3.59. The number of halogens is 1. The summed E-state index contributed by atoms with van der Waals surface area (Å²) in [4.78, 5) is 3.38. The van der Waals surface area contributed by atoms with E-state index >= 15 is 0 Å². The largest absolute Gasteiger partial charge is 0.344 e. The van der Waals surface area contributed by atoms with Gasteiger partial charge in [0.1, 0.15) is 0 Å². The van der Waals surface area contributed by atoms with E-state index in [1.165, 1.54) is 0 Å². The van der Waals surface area contributed by atoms with Crippen molar-refractivity contribution in [1.82, 2.24) is 5.32 Å². The second-order valence-electron chi connectivity index (χ2n) is 1.10. The van der Waals surface area contributed by atoms with Crippen LogP contribution in [0.5, 0.6) is 0 Å². The molecule has 1 rings (SSSR count). The van der Waals surface area contributed by atoms with Crippen molar-refractivity contribution in [3.63, 3.8) is 0 Å². The van der Waals surface area contributed by atoms with Gasteiger partial charge in [-0.25, -0.2) is 4.99 Å². The van der Waals surface area contributed by atoms with Crippen molar-refractivity contribution in [1.29, 1.82) is 0 Å². The van der Waals surface area contributed by atoms with E-state index in [2.05, 4.69) is 10.3 Å². The van der Waals surface area contributed by atoms with Crippen molar-refractivity contribution in [2.24, 2.45) is 4.99 Å². The Morgan fingerprint density at radius 1 is 1.83 bits per heavy atom. The molecule has 0 spiro atoms. The van der Waals surface area contributed by atoms with Gasteiger partial charge in [-0.3, -0.25) is 0 Å². The zero-order valence-electron chi connectivity index (χ0n) is 3.24. The minimum atomic E-state index is -0.421. The van der Waals surface area contributed by atoms with E-state index in [-0.39, 0.29) is 0 Å². The van der Waals surface area contributed by atoms with E-state index in [4.69, 9.17) is 0 Å². The molecule has 1 heterocycles. The van der Waals surface area contributed by atoms with E-state index in [0.717, 1.165) is 0 Å². The molecule has 0 fully saturated rings. The van der Waals surface area contributed by atoms with Crippen molar-refractivity contribution < 1.29 is 4.39 Å². The van der Waals surface area contributed by atoms with Crippen molar-refractivity contribution in [3.8, 4) is 0 Å². The maximum Gasteiger partial charge on any atom is 0.277 e. The van der Waals surface area contributed by atoms with E-state index in [0.29, 0.717) is 13.1 Å². The lowest BCUT2D eigenvalue weighted by Gasteiger charge is -1.80. The Hall–Kier alpha value is -0.600. The lowest BCUT2D eigenvalue weighted by molar-refractivity contribution is 0.756. The number of hydrogen-bond acceptors (Lipinski definition) is 2. The summed E-state index contributed by atoms with van der Waals surface area (Å²) in [6.45, 7) is 1.25. The van der Waals surface area contributed by atoms with Crippen LogP contribution in [0.1, 0.15) is 0 Å². The highest BCUT2D eigenvalue weighted by Crippen LogP contribution is 1.82. The molecule has 0 radical (unpaired) electrons.